The molecule has 0 atom stereocenters. The number of benzene rings is 2. The quantitative estimate of drug-likeness (QED) is 0.488. The Balaban J connectivity index is 1.47. The largest absolute Gasteiger partial charge is 0.452 e. The van der Waals surface area contributed by atoms with Gasteiger partial charge in [0.15, 0.2) is 12.4 Å². The predicted molar refractivity (Wildman–Crippen MR) is 104 cm³/mol. The second kappa shape index (κ2) is 7.53. The fourth-order valence-corrected chi connectivity index (χ4v) is 2.71. The van der Waals surface area contributed by atoms with Crippen LogP contribution in [0.4, 0.5) is 17.6 Å². The van der Waals surface area contributed by atoms with Crippen molar-refractivity contribution in [2.24, 2.45) is 0 Å². The van der Waals surface area contributed by atoms with E-state index in [1.807, 2.05) is 30.3 Å². The van der Waals surface area contributed by atoms with Gasteiger partial charge in [0.25, 0.3) is 0 Å². The minimum Gasteiger partial charge on any atom is -0.452 e. The van der Waals surface area contributed by atoms with Gasteiger partial charge in [-0.25, -0.2) is 4.79 Å². The van der Waals surface area contributed by atoms with E-state index < -0.39 is 5.97 Å². The number of nitrogen functional groups attached to an aromatic ring is 1. The molecule has 28 heavy (non-hydrogen) atoms. The summed E-state index contributed by atoms with van der Waals surface area (Å²) in [6, 6.07) is 16.0. The SMILES string of the molecule is Nc1nc(COC(=O)c2cc3cc(Cl)ccc3o2)nc(Nc2ccccc2)n1. The van der Waals surface area contributed by atoms with E-state index in [1.54, 1.807) is 24.3 Å². The number of hydrogen-bond acceptors (Lipinski definition) is 8. The number of fused-ring (bicyclic) bond motifs is 1. The van der Waals surface area contributed by atoms with Crippen molar-refractivity contribution in [3.63, 3.8) is 0 Å². The molecule has 4 rings (SSSR count). The Hall–Kier alpha value is -3.65. The molecule has 2 aromatic carbocycles. The topological polar surface area (TPSA) is 116 Å². The minimum absolute atomic E-state index is 0.0119. The van der Waals surface area contributed by atoms with Crippen molar-refractivity contribution in [3.8, 4) is 0 Å². The third-order valence-electron chi connectivity index (χ3n) is 3.74. The van der Waals surface area contributed by atoms with E-state index in [4.69, 9.17) is 26.5 Å². The molecule has 0 fully saturated rings. The summed E-state index contributed by atoms with van der Waals surface area (Å²) in [7, 11) is 0. The van der Waals surface area contributed by atoms with Gasteiger partial charge in [0.1, 0.15) is 5.58 Å². The highest BCUT2D eigenvalue weighted by Crippen LogP contribution is 2.23. The molecule has 2 heterocycles. The number of carbonyl (C=O) groups is 1. The number of nitrogens with zero attached hydrogens (tertiary/aromatic N) is 3. The minimum atomic E-state index is -0.649. The molecule has 3 N–H and O–H groups in total. The van der Waals surface area contributed by atoms with Crippen molar-refractivity contribution in [3.05, 3.63) is 71.2 Å². The summed E-state index contributed by atoms with van der Waals surface area (Å²) >= 11 is 5.94. The lowest BCUT2D eigenvalue weighted by Gasteiger charge is -2.07. The number of hydrogen-bond donors (Lipinski definition) is 2. The van der Waals surface area contributed by atoms with Gasteiger partial charge >= 0.3 is 5.97 Å². The molecule has 0 saturated carbocycles. The van der Waals surface area contributed by atoms with Crippen LogP contribution in [0.15, 0.2) is 59.0 Å². The van der Waals surface area contributed by atoms with Crippen molar-refractivity contribution in [1.82, 2.24) is 15.0 Å². The fourth-order valence-electron chi connectivity index (χ4n) is 2.53. The smallest absolute Gasteiger partial charge is 0.374 e. The normalized spacial score (nSPS) is 10.8. The summed E-state index contributed by atoms with van der Waals surface area (Å²) in [6.07, 6.45) is 0. The Morgan fingerprint density at radius 2 is 1.93 bits per heavy atom. The van der Waals surface area contributed by atoms with Crippen molar-refractivity contribution in [1.29, 1.82) is 0 Å². The standard InChI is InChI=1S/C19H14ClN5O3/c20-12-6-7-14-11(8-12)9-15(28-14)17(26)27-10-16-23-18(21)25-19(24-16)22-13-4-2-1-3-5-13/h1-9H,10H2,(H3,21,22,23,24,25). The van der Waals surface area contributed by atoms with Gasteiger partial charge in [0.05, 0.1) is 0 Å². The van der Waals surface area contributed by atoms with Gasteiger partial charge in [-0.3, -0.25) is 0 Å². The molecular weight excluding hydrogens is 382 g/mol. The lowest BCUT2D eigenvalue weighted by atomic mass is 10.2. The third kappa shape index (κ3) is 4.02. The average Bonchev–Trinajstić information content (AvgIpc) is 3.10. The van der Waals surface area contributed by atoms with Gasteiger partial charge in [-0.1, -0.05) is 29.8 Å². The Bertz CT molecular complexity index is 1150. The predicted octanol–water partition coefficient (Wildman–Crippen LogP) is 3.95. The second-order valence-electron chi connectivity index (χ2n) is 5.79. The van der Waals surface area contributed by atoms with Crippen LogP contribution in [0.3, 0.4) is 0 Å². The lowest BCUT2D eigenvalue weighted by molar-refractivity contribution is 0.0428. The maximum Gasteiger partial charge on any atom is 0.374 e. The Labute approximate surface area is 164 Å². The highest BCUT2D eigenvalue weighted by atomic mass is 35.5. The zero-order chi connectivity index (χ0) is 19.5. The Morgan fingerprint density at radius 3 is 2.75 bits per heavy atom. The molecule has 0 bridgehead atoms. The maximum absolute atomic E-state index is 12.3. The molecule has 0 aliphatic rings. The molecule has 140 valence electrons. The van der Waals surface area contributed by atoms with Gasteiger partial charge in [0, 0.05) is 16.1 Å². The zero-order valence-electron chi connectivity index (χ0n) is 14.4. The molecule has 0 spiro atoms. The van der Waals surface area contributed by atoms with Crippen LogP contribution in [0.2, 0.25) is 5.02 Å². The highest BCUT2D eigenvalue weighted by molar-refractivity contribution is 6.31. The van der Waals surface area contributed by atoms with E-state index in [0.29, 0.717) is 16.0 Å². The summed E-state index contributed by atoms with van der Waals surface area (Å²) in [5, 5.41) is 4.27. The van der Waals surface area contributed by atoms with E-state index in [-0.39, 0.29) is 30.1 Å². The van der Waals surface area contributed by atoms with Gasteiger partial charge in [-0.15, -0.1) is 0 Å². The molecular formula is C19H14ClN5O3. The highest BCUT2D eigenvalue weighted by Gasteiger charge is 2.15. The van der Waals surface area contributed by atoms with Gasteiger partial charge in [0.2, 0.25) is 17.7 Å². The number of halogens is 1. The molecule has 0 saturated heterocycles. The number of furan rings is 1. The van der Waals surface area contributed by atoms with Gasteiger partial charge in [-0.05, 0) is 36.4 Å². The molecule has 0 amide bonds. The van der Waals surface area contributed by atoms with Crippen LogP contribution in [0, 0.1) is 0 Å². The van der Waals surface area contributed by atoms with Crippen molar-refractivity contribution in [2.45, 2.75) is 6.61 Å². The summed E-state index contributed by atoms with van der Waals surface area (Å²) in [5.74, 6) is -0.120. The number of para-hydroxylation sites is 1. The Morgan fingerprint density at radius 1 is 1.11 bits per heavy atom. The molecule has 0 aliphatic heterocycles. The summed E-state index contributed by atoms with van der Waals surface area (Å²) < 4.78 is 10.7. The molecule has 0 unspecified atom stereocenters. The van der Waals surface area contributed by atoms with Crippen molar-refractivity contribution >= 4 is 46.1 Å². The lowest BCUT2D eigenvalue weighted by Crippen LogP contribution is -2.10. The van der Waals surface area contributed by atoms with E-state index in [9.17, 15) is 4.79 Å². The van der Waals surface area contributed by atoms with Crippen LogP contribution in [-0.2, 0) is 11.3 Å². The van der Waals surface area contributed by atoms with E-state index in [2.05, 4.69) is 20.3 Å². The fraction of sp³-hybridized carbons (Fsp3) is 0.0526. The summed E-state index contributed by atoms with van der Waals surface area (Å²) in [6.45, 7) is -0.188. The third-order valence-corrected chi connectivity index (χ3v) is 3.98. The monoisotopic (exact) mass is 395 g/mol. The first-order valence-electron chi connectivity index (χ1n) is 8.25. The van der Waals surface area contributed by atoms with Crippen LogP contribution < -0.4 is 11.1 Å². The van der Waals surface area contributed by atoms with Crippen LogP contribution in [0.25, 0.3) is 11.0 Å². The maximum atomic E-state index is 12.3. The van der Waals surface area contributed by atoms with Gasteiger partial charge < -0.3 is 20.2 Å². The van der Waals surface area contributed by atoms with Crippen LogP contribution in [-0.4, -0.2) is 20.9 Å². The van der Waals surface area contributed by atoms with Crippen LogP contribution >= 0.6 is 11.6 Å². The van der Waals surface area contributed by atoms with E-state index >= 15 is 0 Å². The molecule has 9 heteroatoms. The first kappa shape index (κ1) is 17.7. The summed E-state index contributed by atoms with van der Waals surface area (Å²) in [4.78, 5) is 24.5. The van der Waals surface area contributed by atoms with E-state index in [1.165, 1.54) is 0 Å². The summed E-state index contributed by atoms with van der Waals surface area (Å²) in [5.41, 5.74) is 7.05. The molecule has 8 nitrogen and oxygen atoms in total. The van der Waals surface area contributed by atoms with Crippen LogP contribution in [0.5, 0.6) is 0 Å². The van der Waals surface area contributed by atoms with E-state index in [0.717, 1.165) is 5.69 Å². The van der Waals surface area contributed by atoms with Crippen molar-refractivity contribution in [2.75, 3.05) is 11.1 Å². The number of carbonyl (C=O) groups excluding carboxylic acids is 1. The molecule has 0 aliphatic carbocycles. The van der Waals surface area contributed by atoms with Crippen LogP contribution in [0.1, 0.15) is 16.4 Å². The second-order valence-corrected chi connectivity index (χ2v) is 6.23. The first-order chi connectivity index (χ1) is 13.6. The first-order valence-corrected chi connectivity index (χ1v) is 8.63. The number of nitrogens with one attached hydrogen (secondary N) is 1. The number of aromatic nitrogens is 3. The average molecular weight is 396 g/mol. The zero-order valence-corrected chi connectivity index (χ0v) is 15.2. The van der Waals surface area contributed by atoms with Crippen molar-refractivity contribution < 1.29 is 13.9 Å². The molecule has 4 aromatic rings. The van der Waals surface area contributed by atoms with Gasteiger partial charge in [-0.2, -0.15) is 15.0 Å². The number of ether oxygens (including phenoxy) is 1. The number of anilines is 3. The Kier molecular flexibility index (Phi) is 4.77. The number of rotatable bonds is 5. The molecule has 2 aromatic heterocycles. The molecule has 0 radical (unpaired) electrons. The number of nitrogens with two attached hydrogens (primary N) is 1. The number of esters is 1.